The third kappa shape index (κ3) is 1.84. The molecule has 3 rings (SSSR count). The van der Waals surface area contributed by atoms with Crippen LogP contribution >= 0.6 is 0 Å². The van der Waals surface area contributed by atoms with Gasteiger partial charge in [0.15, 0.2) is 5.75 Å². The van der Waals surface area contributed by atoms with E-state index in [0.717, 1.165) is 10.8 Å². The molecular formula is C14H11N3O. The van der Waals surface area contributed by atoms with Crippen molar-refractivity contribution in [2.45, 2.75) is 0 Å². The van der Waals surface area contributed by atoms with Crippen molar-refractivity contribution in [2.75, 3.05) is 5.73 Å². The lowest BCUT2D eigenvalue weighted by Crippen LogP contribution is -1.93. The van der Waals surface area contributed by atoms with Crippen molar-refractivity contribution in [1.82, 2.24) is 9.97 Å². The third-order valence-electron chi connectivity index (χ3n) is 2.68. The summed E-state index contributed by atoms with van der Waals surface area (Å²) in [5, 5.41) is 1.93. The standard InChI is InChI=1S/C14H11N3O/c15-14-12-5-7-17-8-10(12)3-4-13(14)18-11-2-1-6-16-9-11/h1-9H,15H2. The molecule has 4 heteroatoms. The number of nitrogens with zero attached hydrogens (tertiary/aromatic N) is 2. The Bertz CT molecular complexity index is 683. The molecule has 0 aliphatic carbocycles. The number of hydrogen-bond acceptors (Lipinski definition) is 4. The van der Waals surface area contributed by atoms with E-state index in [1.165, 1.54) is 0 Å². The molecule has 2 heterocycles. The number of aromatic nitrogens is 2. The summed E-state index contributed by atoms with van der Waals surface area (Å²) in [5.74, 6) is 1.29. The Labute approximate surface area is 104 Å². The monoisotopic (exact) mass is 237 g/mol. The molecule has 0 aliphatic heterocycles. The summed E-state index contributed by atoms with van der Waals surface area (Å²) in [4.78, 5) is 8.06. The molecule has 0 bridgehead atoms. The molecule has 0 aliphatic rings. The van der Waals surface area contributed by atoms with Gasteiger partial charge in [0, 0.05) is 29.4 Å². The van der Waals surface area contributed by atoms with Gasteiger partial charge in [0.05, 0.1) is 11.9 Å². The molecule has 0 atom stereocenters. The average Bonchev–Trinajstić information content (AvgIpc) is 2.43. The maximum Gasteiger partial charge on any atom is 0.151 e. The lowest BCUT2D eigenvalue weighted by atomic mass is 10.1. The molecule has 18 heavy (non-hydrogen) atoms. The van der Waals surface area contributed by atoms with E-state index in [-0.39, 0.29) is 0 Å². The summed E-state index contributed by atoms with van der Waals surface area (Å²) in [6, 6.07) is 9.30. The zero-order valence-corrected chi connectivity index (χ0v) is 9.58. The number of rotatable bonds is 2. The summed E-state index contributed by atoms with van der Waals surface area (Å²) < 4.78 is 5.71. The summed E-state index contributed by atoms with van der Waals surface area (Å²) in [7, 11) is 0. The van der Waals surface area contributed by atoms with Crippen LogP contribution in [0.3, 0.4) is 0 Å². The highest BCUT2D eigenvalue weighted by atomic mass is 16.5. The largest absolute Gasteiger partial charge is 0.454 e. The van der Waals surface area contributed by atoms with Crippen LogP contribution in [0, 0.1) is 0 Å². The minimum absolute atomic E-state index is 0.610. The Hall–Kier alpha value is -2.62. The molecule has 0 spiro atoms. The minimum Gasteiger partial charge on any atom is -0.454 e. The predicted molar refractivity (Wildman–Crippen MR) is 70.5 cm³/mol. The van der Waals surface area contributed by atoms with Crippen LogP contribution < -0.4 is 10.5 Å². The molecule has 0 amide bonds. The Morgan fingerprint density at radius 1 is 0.944 bits per heavy atom. The molecule has 2 N–H and O–H groups in total. The van der Waals surface area contributed by atoms with E-state index in [1.807, 2.05) is 30.3 Å². The van der Waals surface area contributed by atoms with Crippen molar-refractivity contribution in [3.8, 4) is 11.5 Å². The first kappa shape index (κ1) is 10.5. The first-order valence-electron chi connectivity index (χ1n) is 5.55. The van der Waals surface area contributed by atoms with Crippen molar-refractivity contribution in [2.24, 2.45) is 0 Å². The van der Waals surface area contributed by atoms with E-state index in [2.05, 4.69) is 9.97 Å². The van der Waals surface area contributed by atoms with Crippen LogP contribution in [0.25, 0.3) is 10.8 Å². The zero-order chi connectivity index (χ0) is 12.4. The third-order valence-corrected chi connectivity index (χ3v) is 2.68. The van der Waals surface area contributed by atoms with Gasteiger partial charge >= 0.3 is 0 Å². The van der Waals surface area contributed by atoms with Gasteiger partial charge < -0.3 is 10.5 Å². The highest BCUT2D eigenvalue weighted by Gasteiger charge is 2.06. The van der Waals surface area contributed by atoms with E-state index < -0.39 is 0 Å². The number of benzene rings is 1. The van der Waals surface area contributed by atoms with Gasteiger partial charge in [0.2, 0.25) is 0 Å². The molecule has 2 aromatic heterocycles. The smallest absolute Gasteiger partial charge is 0.151 e. The summed E-state index contributed by atoms with van der Waals surface area (Å²) >= 11 is 0. The number of fused-ring (bicyclic) bond motifs is 1. The number of hydrogen-bond donors (Lipinski definition) is 1. The molecule has 4 nitrogen and oxygen atoms in total. The van der Waals surface area contributed by atoms with Crippen molar-refractivity contribution >= 4 is 16.5 Å². The van der Waals surface area contributed by atoms with E-state index in [1.54, 1.807) is 24.8 Å². The number of pyridine rings is 2. The lowest BCUT2D eigenvalue weighted by molar-refractivity contribution is 0.483. The topological polar surface area (TPSA) is 61.0 Å². The number of anilines is 1. The van der Waals surface area contributed by atoms with Crippen LogP contribution in [0.1, 0.15) is 0 Å². The molecule has 88 valence electrons. The second-order valence-electron chi connectivity index (χ2n) is 3.86. The fourth-order valence-corrected chi connectivity index (χ4v) is 1.80. The molecule has 0 radical (unpaired) electrons. The maximum absolute atomic E-state index is 6.09. The fraction of sp³-hybridized carbons (Fsp3) is 0. The van der Waals surface area contributed by atoms with Gasteiger partial charge in [-0.15, -0.1) is 0 Å². The first-order valence-corrected chi connectivity index (χ1v) is 5.55. The highest BCUT2D eigenvalue weighted by Crippen LogP contribution is 2.32. The molecule has 0 fully saturated rings. The zero-order valence-electron chi connectivity index (χ0n) is 9.58. The Morgan fingerprint density at radius 2 is 1.83 bits per heavy atom. The van der Waals surface area contributed by atoms with Gasteiger partial charge in [-0.2, -0.15) is 0 Å². The van der Waals surface area contributed by atoms with Gasteiger partial charge in [0.25, 0.3) is 0 Å². The maximum atomic E-state index is 6.09. The SMILES string of the molecule is Nc1c(Oc2cccnc2)ccc2cnccc12. The van der Waals surface area contributed by atoms with Crippen molar-refractivity contribution in [1.29, 1.82) is 0 Å². The van der Waals surface area contributed by atoms with Crippen LogP contribution in [-0.4, -0.2) is 9.97 Å². The fourth-order valence-electron chi connectivity index (χ4n) is 1.80. The normalized spacial score (nSPS) is 10.4. The van der Waals surface area contributed by atoms with E-state index in [0.29, 0.717) is 17.2 Å². The summed E-state index contributed by atoms with van der Waals surface area (Å²) in [6.07, 6.45) is 6.84. The van der Waals surface area contributed by atoms with E-state index in [4.69, 9.17) is 10.5 Å². The van der Waals surface area contributed by atoms with Crippen LogP contribution in [0.2, 0.25) is 0 Å². The van der Waals surface area contributed by atoms with Crippen molar-refractivity contribution in [3.05, 3.63) is 55.1 Å². The number of nitrogen functional groups attached to an aromatic ring is 1. The van der Waals surface area contributed by atoms with Crippen LogP contribution in [0.4, 0.5) is 5.69 Å². The summed E-state index contributed by atoms with van der Waals surface area (Å²) in [5.41, 5.74) is 6.70. The Morgan fingerprint density at radius 3 is 2.67 bits per heavy atom. The average molecular weight is 237 g/mol. The van der Waals surface area contributed by atoms with Crippen LogP contribution in [0.15, 0.2) is 55.1 Å². The minimum atomic E-state index is 0.610. The van der Waals surface area contributed by atoms with Gasteiger partial charge in [-0.25, -0.2) is 0 Å². The number of ether oxygens (including phenoxy) is 1. The van der Waals surface area contributed by atoms with Crippen molar-refractivity contribution < 1.29 is 4.74 Å². The van der Waals surface area contributed by atoms with Crippen LogP contribution in [0.5, 0.6) is 11.5 Å². The van der Waals surface area contributed by atoms with Crippen LogP contribution in [-0.2, 0) is 0 Å². The van der Waals surface area contributed by atoms with E-state index in [9.17, 15) is 0 Å². The Balaban J connectivity index is 2.05. The van der Waals surface area contributed by atoms with E-state index >= 15 is 0 Å². The molecule has 3 aromatic rings. The second kappa shape index (κ2) is 4.33. The quantitative estimate of drug-likeness (QED) is 0.696. The number of nitrogens with two attached hydrogens (primary N) is 1. The van der Waals surface area contributed by atoms with Gasteiger partial charge in [-0.1, -0.05) is 0 Å². The van der Waals surface area contributed by atoms with Gasteiger partial charge in [0.1, 0.15) is 5.75 Å². The van der Waals surface area contributed by atoms with Gasteiger partial charge in [-0.05, 0) is 30.3 Å². The molecule has 1 aromatic carbocycles. The highest BCUT2D eigenvalue weighted by molar-refractivity contribution is 5.95. The molecule has 0 unspecified atom stereocenters. The molecular weight excluding hydrogens is 226 g/mol. The summed E-state index contributed by atoms with van der Waals surface area (Å²) in [6.45, 7) is 0. The first-order chi connectivity index (χ1) is 8.84. The van der Waals surface area contributed by atoms with Gasteiger partial charge in [-0.3, -0.25) is 9.97 Å². The predicted octanol–water partition coefficient (Wildman–Crippen LogP) is 3.00. The van der Waals surface area contributed by atoms with Crippen molar-refractivity contribution in [3.63, 3.8) is 0 Å². The molecule has 0 saturated carbocycles. The lowest BCUT2D eigenvalue weighted by Gasteiger charge is -2.10. The Kier molecular flexibility index (Phi) is 2.53. The molecule has 0 saturated heterocycles. The second-order valence-corrected chi connectivity index (χ2v) is 3.86.